The number of methoxy groups -OCH3 is 2. The van der Waals surface area contributed by atoms with Crippen LogP contribution in [0.1, 0.15) is 15.9 Å². The Kier molecular flexibility index (Phi) is 3.27. The smallest absolute Gasteiger partial charge is 0.197 e. The monoisotopic (exact) mass is 320 g/mol. The number of ether oxygens (including phenoxy) is 2. The van der Waals surface area contributed by atoms with E-state index in [1.54, 1.807) is 26.6 Å². The molecule has 24 heavy (non-hydrogen) atoms. The van der Waals surface area contributed by atoms with Crippen molar-refractivity contribution in [2.75, 3.05) is 14.2 Å². The molecule has 5 heteroatoms. The Morgan fingerprint density at radius 3 is 1.67 bits per heavy atom. The zero-order chi connectivity index (χ0) is 16.7. The molecule has 0 aliphatic rings. The lowest BCUT2D eigenvalue weighted by Crippen LogP contribution is -1.99. The molecule has 5 nitrogen and oxygen atoms in total. The molecule has 120 valence electrons. The summed E-state index contributed by atoms with van der Waals surface area (Å²) in [6.45, 7) is 0. The van der Waals surface area contributed by atoms with Crippen molar-refractivity contribution in [1.29, 1.82) is 0 Å². The van der Waals surface area contributed by atoms with Gasteiger partial charge in [0.25, 0.3) is 0 Å². The lowest BCUT2D eigenvalue weighted by molar-refractivity contribution is 0.104. The third-order valence-corrected chi connectivity index (χ3v) is 4.27. The van der Waals surface area contributed by atoms with Crippen LogP contribution in [0.5, 0.6) is 11.5 Å². The van der Waals surface area contributed by atoms with Gasteiger partial charge in [0.1, 0.15) is 11.5 Å². The minimum atomic E-state index is -0.0472. The summed E-state index contributed by atoms with van der Waals surface area (Å²) in [5, 5.41) is 1.69. The zero-order valence-electron chi connectivity index (χ0n) is 13.3. The molecule has 0 radical (unpaired) electrons. The van der Waals surface area contributed by atoms with Crippen LogP contribution in [0, 0.1) is 0 Å². The van der Waals surface area contributed by atoms with E-state index in [1.807, 2.05) is 36.4 Å². The number of rotatable bonds is 4. The van der Waals surface area contributed by atoms with Crippen molar-refractivity contribution in [3.05, 3.63) is 59.9 Å². The van der Waals surface area contributed by atoms with E-state index < -0.39 is 0 Å². The maximum atomic E-state index is 13.1. The van der Waals surface area contributed by atoms with Gasteiger partial charge in [-0.2, -0.15) is 0 Å². The van der Waals surface area contributed by atoms with E-state index in [0.717, 1.165) is 33.3 Å². The maximum Gasteiger partial charge on any atom is 0.197 e. The first-order valence-electron chi connectivity index (χ1n) is 7.56. The fraction of sp³-hybridized carbons (Fsp3) is 0.105. The van der Waals surface area contributed by atoms with Crippen molar-refractivity contribution < 1.29 is 14.3 Å². The molecule has 0 atom stereocenters. The molecule has 0 aliphatic carbocycles. The van der Waals surface area contributed by atoms with Gasteiger partial charge in [-0.3, -0.25) is 4.79 Å². The number of aromatic nitrogens is 2. The Bertz CT molecular complexity index is 975. The number of aromatic amines is 2. The first-order chi connectivity index (χ1) is 11.7. The van der Waals surface area contributed by atoms with Crippen LogP contribution >= 0.6 is 0 Å². The molecule has 4 aromatic rings. The molecular formula is C19H16N2O3. The molecule has 0 bridgehead atoms. The van der Waals surface area contributed by atoms with Crippen molar-refractivity contribution in [3.63, 3.8) is 0 Å². The summed E-state index contributed by atoms with van der Waals surface area (Å²) in [7, 11) is 3.22. The molecule has 0 amide bonds. The molecule has 0 saturated heterocycles. The van der Waals surface area contributed by atoms with Crippen LogP contribution in [0.4, 0.5) is 0 Å². The van der Waals surface area contributed by atoms with Crippen molar-refractivity contribution >= 4 is 27.6 Å². The van der Waals surface area contributed by atoms with E-state index in [4.69, 9.17) is 9.47 Å². The Hall–Kier alpha value is -3.21. The van der Waals surface area contributed by atoms with E-state index >= 15 is 0 Å². The van der Waals surface area contributed by atoms with Gasteiger partial charge in [0.15, 0.2) is 5.78 Å². The highest BCUT2D eigenvalue weighted by Crippen LogP contribution is 2.29. The zero-order valence-corrected chi connectivity index (χ0v) is 13.3. The number of benzene rings is 2. The van der Waals surface area contributed by atoms with Crippen LogP contribution in [0.25, 0.3) is 21.8 Å². The minimum Gasteiger partial charge on any atom is -0.497 e. The van der Waals surface area contributed by atoms with Gasteiger partial charge in [0, 0.05) is 45.3 Å². The quantitative estimate of drug-likeness (QED) is 0.560. The first-order valence-corrected chi connectivity index (χ1v) is 7.56. The van der Waals surface area contributed by atoms with Gasteiger partial charge < -0.3 is 19.4 Å². The predicted octanol–water partition coefficient (Wildman–Crippen LogP) is 3.90. The summed E-state index contributed by atoms with van der Waals surface area (Å²) < 4.78 is 10.5. The number of hydrogen-bond donors (Lipinski definition) is 2. The molecule has 4 rings (SSSR count). The van der Waals surface area contributed by atoms with Crippen molar-refractivity contribution in [2.24, 2.45) is 0 Å². The second kappa shape index (κ2) is 5.45. The Labute approximate surface area is 138 Å². The number of hydrogen-bond acceptors (Lipinski definition) is 3. The van der Waals surface area contributed by atoms with Crippen LogP contribution in [-0.2, 0) is 0 Å². The highest BCUT2D eigenvalue weighted by Gasteiger charge is 2.18. The van der Waals surface area contributed by atoms with E-state index in [1.165, 1.54) is 0 Å². The van der Waals surface area contributed by atoms with E-state index in [0.29, 0.717) is 11.1 Å². The van der Waals surface area contributed by atoms with E-state index in [-0.39, 0.29) is 5.78 Å². The second-order valence-corrected chi connectivity index (χ2v) is 5.56. The Balaban J connectivity index is 1.87. The van der Waals surface area contributed by atoms with Gasteiger partial charge in [-0.15, -0.1) is 0 Å². The summed E-state index contributed by atoms with van der Waals surface area (Å²) in [5.74, 6) is 1.39. The average Bonchev–Trinajstić information content (AvgIpc) is 3.23. The predicted molar refractivity (Wildman–Crippen MR) is 93.1 cm³/mol. The van der Waals surface area contributed by atoms with Crippen molar-refractivity contribution in [1.82, 2.24) is 9.97 Å². The van der Waals surface area contributed by atoms with Crippen LogP contribution in [0.3, 0.4) is 0 Å². The molecule has 2 N–H and O–H groups in total. The van der Waals surface area contributed by atoms with Crippen LogP contribution in [-0.4, -0.2) is 30.0 Å². The SMILES string of the molecule is COc1ccc2[nH]cc(C(=O)c3c[nH]c4ccc(OC)cc34)c2c1. The van der Waals surface area contributed by atoms with Gasteiger partial charge >= 0.3 is 0 Å². The molecule has 0 aliphatic heterocycles. The summed E-state index contributed by atoms with van der Waals surface area (Å²) in [6, 6.07) is 11.3. The van der Waals surface area contributed by atoms with Crippen molar-refractivity contribution in [2.45, 2.75) is 0 Å². The summed E-state index contributed by atoms with van der Waals surface area (Å²) in [5.41, 5.74) is 3.04. The van der Waals surface area contributed by atoms with Crippen LogP contribution < -0.4 is 9.47 Å². The van der Waals surface area contributed by atoms with Crippen LogP contribution in [0.2, 0.25) is 0 Å². The molecule has 0 fully saturated rings. The standard InChI is InChI=1S/C19H16N2O3/c1-23-11-3-5-17-13(7-11)15(9-20-17)19(22)16-10-21-18-6-4-12(24-2)8-14(16)18/h3-10,20-21H,1-2H3. The number of carbonyl (C=O) groups excluding carboxylic acids is 1. The van der Waals surface area contributed by atoms with E-state index in [2.05, 4.69) is 9.97 Å². The molecule has 2 aromatic carbocycles. The Morgan fingerprint density at radius 2 is 1.25 bits per heavy atom. The summed E-state index contributed by atoms with van der Waals surface area (Å²) in [4.78, 5) is 19.4. The molecule has 2 heterocycles. The average molecular weight is 320 g/mol. The van der Waals surface area contributed by atoms with Gasteiger partial charge in [-0.1, -0.05) is 0 Å². The summed E-state index contributed by atoms with van der Waals surface area (Å²) >= 11 is 0. The lowest BCUT2D eigenvalue weighted by atomic mass is 10.0. The highest BCUT2D eigenvalue weighted by molar-refractivity contribution is 6.21. The van der Waals surface area contributed by atoms with Gasteiger partial charge in [0.2, 0.25) is 0 Å². The lowest BCUT2D eigenvalue weighted by Gasteiger charge is -2.03. The van der Waals surface area contributed by atoms with Gasteiger partial charge in [-0.25, -0.2) is 0 Å². The van der Waals surface area contributed by atoms with Crippen LogP contribution in [0.15, 0.2) is 48.8 Å². The first kappa shape index (κ1) is 14.4. The fourth-order valence-corrected chi connectivity index (χ4v) is 2.97. The molecule has 2 aromatic heterocycles. The largest absolute Gasteiger partial charge is 0.497 e. The number of nitrogens with one attached hydrogen (secondary N) is 2. The van der Waals surface area contributed by atoms with Gasteiger partial charge in [-0.05, 0) is 36.4 Å². The molecule has 0 saturated carbocycles. The fourth-order valence-electron chi connectivity index (χ4n) is 2.97. The normalized spacial score (nSPS) is 11.1. The van der Waals surface area contributed by atoms with Crippen molar-refractivity contribution in [3.8, 4) is 11.5 Å². The second-order valence-electron chi connectivity index (χ2n) is 5.56. The minimum absolute atomic E-state index is 0.0472. The topological polar surface area (TPSA) is 67.1 Å². The highest BCUT2D eigenvalue weighted by atomic mass is 16.5. The molecular weight excluding hydrogens is 304 g/mol. The molecule has 0 spiro atoms. The van der Waals surface area contributed by atoms with E-state index in [9.17, 15) is 4.79 Å². The number of H-pyrrole nitrogens is 2. The van der Waals surface area contributed by atoms with Gasteiger partial charge in [0.05, 0.1) is 14.2 Å². The molecule has 0 unspecified atom stereocenters. The summed E-state index contributed by atoms with van der Waals surface area (Å²) in [6.07, 6.45) is 3.48. The third kappa shape index (κ3) is 2.13. The maximum absolute atomic E-state index is 13.1. The Morgan fingerprint density at radius 1 is 0.792 bits per heavy atom. The number of fused-ring (bicyclic) bond motifs is 2. The number of carbonyl (C=O) groups is 1. The third-order valence-electron chi connectivity index (χ3n) is 4.27. The number of ketones is 1.